The van der Waals surface area contributed by atoms with Gasteiger partial charge in [-0.05, 0) is 32.6 Å². The predicted molar refractivity (Wildman–Crippen MR) is 94.7 cm³/mol. The van der Waals surface area contributed by atoms with Gasteiger partial charge < -0.3 is 5.73 Å². The number of nitrogens with zero attached hydrogens (tertiary/aromatic N) is 1. The Kier molecular flexibility index (Phi) is 9.59. The summed E-state index contributed by atoms with van der Waals surface area (Å²) in [6.07, 6.45) is 16.3. The Balaban J connectivity index is 2.46. The summed E-state index contributed by atoms with van der Waals surface area (Å²) in [6.45, 7) is 9.58. The van der Waals surface area contributed by atoms with Crippen molar-refractivity contribution in [2.24, 2.45) is 5.73 Å². The van der Waals surface area contributed by atoms with Crippen LogP contribution in [0.2, 0.25) is 0 Å². The summed E-state index contributed by atoms with van der Waals surface area (Å²) >= 11 is 0. The molecule has 1 aliphatic rings. The highest BCUT2D eigenvalue weighted by molar-refractivity contribution is 4.89. The maximum absolute atomic E-state index is 6.09. The predicted octanol–water partition coefficient (Wildman–Crippen LogP) is 5.11. The van der Waals surface area contributed by atoms with E-state index in [1.54, 1.807) is 0 Å². The Hall–Kier alpha value is -0.0800. The van der Waals surface area contributed by atoms with Crippen molar-refractivity contribution in [2.45, 2.75) is 109 Å². The zero-order valence-corrected chi connectivity index (χ0v) is 15.0. The molecule has 1 saturated heterocycles. The van der Waals surface area contributed by atoms with Crippen LogP contribution in [0.3, 0.4) is 0 Å². The highest BCUT2D eigenvalue weighted by Crippen LogP contribution is 2.31. The second-order valence-corrected chi connectivity index (χ2v) is 7.44. The Bertz CT molecular complexity index is 232. The molecule has 1 rings (SSSR count). The summed E-state index contributed by atoms with van der Waals surface area (Å²) in [7, 11) is 0. The average Bonchev–Trinajstić information content (AvgIpc) is 2.49. The molecular formula is C19H40N2. The minimum atomic E-state index is 0.432. The first kappa shape index (κ1) is 19.0. The van der Waals surface area contributed by atoms with Crippen LogP contribution in [-0.4, -0.2) is 29.6 Å². The third-order valence-electron chi connectivity index (χ3n) is 5.44. The molecule has 0 aromatic heterocycles. The lowest BCUT2D eigenvalue weighted by atomic mass is 9.84. The molecule has 0 aromatic rings. The van der Waals surface area contributed by atoms with Gasteiger partial charge in [0.25, 0.3) is 0 Å². The molecule has 1 heterocycles. The second kappa shape index (κ2) is 10.6. The van der Waals surface area contributed by atoms with Gasteiger partial charge in [0.05, 0.1) is 0 Å². The van der Waals surface area contributed by atoms with E-state index in [-0.39, 0.29) is 0 Å². The second-order valence-electron chi connectivity index (χ2n) is 7.44. The molecule has 0 amide bonds. The van der Waals surface area contributed by atoms with Gasteiger partial charge in [-0.15, -0.1) is 0 Å². The number of nitrogens with two attached hydrogens (primary N) is 1. The monoisotopic (exact) mass is 296 g/mol. The molecule has 0 radical (unpaired) electrons. The first-order chi connectivity index (χ1) is 10.1. The van der Waals surface area contributed by atoms with Crippen molar-refractivity contribution in [2.75, 3.05) is 13.1 Å². The molecule has 0 unspecified atom stereocenters. The van der Waals surface area contributed by atoms with Crippen molar-refractivity contribution >= 4 is 0 Å². The van der Waals surface area contributed by atoms with Crippen molar-refractivity contribution in [1.29, 1.82) is 0 Å². The molecule has 0 aliphatic carbocycles. The first-order valence-electron chi connectivity index (χ1n) is 9.63. The number of hydrogen-bond donors (Lipinski definition) is 1. The van der Waals surface area contributed by atoms with E-state index in [1.807, 2.05) is 0 Å². The summed E-state index contributed by atoms with van der Waals surface area (Å²) < 4.78 is 0. The van der Waals surface area contributed by atoms with Gasteiger partial charge in [0.15, 0.2) is 0 Å². The van der Waals surface area contributed by atoms with Gasteiger partial charge in [-0.1, -0.05) is 65.2 Å². The third kappa shape index (κ3) is 7.15. The van der Waals surface area contributed by atoms with Gasteiger partial charge >= 0.3 is 0 Å². The number of rotatable bonds is 11. The number of hydrogen-bond acceptors (Lipinski definition) is 2. The molecule has 2 heteroatoms. The van der Waals surface area contributed by atoms with E-state index in [0.29, 0.717) is 11.6 Å². The van der Waals surface area contributed by atoms with E-state index in [9.17, 15) is 0 Å². The highest BCUT2D eigenvalue weighted by Gasteiger charge is 2.32. The lowest BCUT2D eigenvalue weighted by molar-refractivity contribution is 0.0555. The number of unbranched alkanes of at least 4 members (excludes halogenated alkanes) is 6. The van der Waals surface area contributed by atoms with E-state index in [1.165, 1.54) is 90.1 Å². The quantitative estimate of drug-likeness (QED) is 0.537. The van der Waals surface area contributed by atoms with Crippen LogP contribution in [0.5, 0.6) is 0 Å². The van der Waals surface area contributed by atoms with Crippen LogP contribution in [0.15, 0.2) is 0 Å². The fourth-order valence-corrected chi connectivity index (χ4v) is 3.75. The lowest BCUT2D eigenvalue weighted by Gasteiger charge is -2.45. The van der Waals surface area contributed by atoms with Crippen molar-refractivity contribution in [3.05, 3.63) is 0 Å². The highest BCUT2D eigenvalue weighted by atomic mass is 15.2. The van der Waals surface area contributed by atoms with Crippen LogP contribution in [0, 0.1) is 0 Å². The van der Waals surface area contributed by atoms with Gasteiger partial charge in [-0.2, -0.15) is 0 Å². The van der Waals surface area contributed by atoms with E-state index in [4.69, 9.17) is 5.73 Å². The topological polar surface area (TPSA) is 29.3 Å². The molecule has 0 saturated carbocycles. The SMILES string of the molecule is CCCCCCC(C)(CCCCCC)N1CCC(N)CC1. The molecular weight excluding hydrogens is 256 g/mol. The standard InChI is InChI=1S/C19H40N2/c1-4-6-8-10-14-19(3,15-11-9-7-5-2)21-16-12-18(20)13-17-21/h18H,4-17,20H2,1-3H3. The van der Waals surface area contributed by atoms with E-state index in [0.717, 1.165) is 0 Å². The lowest BCUT2D eigenvalue weighted by Crippen LogP contribution is -2.52. The molecule has 1 aliphatic heterocycles. The Morgan fingerprint density at radius 2 is 1.33 bits per heavy atom. The molecule has 2 nitrogen and oxygen atoms in total. The number of piperidine rings is 1. The maximum Gasteiger partial charge on any atom is 0.0181 e. The van der Waals surface area contributed by atoms with Gasteiger partial charge in [-0.25, -0.2) is 0 Å². The maximum atomic E-state index is 6.09. The molecule has 0 spiro atoms. The molecule has 0 bridgehead atoms. The Morgan fingerprint density at radius 3 is 1.76 bits per heavy atom. The average molecular weight is 297 g/mol. The van der Waals surface area contributed by atoms with Crippen molar-refractivity contribution < 1.29 is 0 Å². The van der Waals surface area contributed by atoms with Crippen LogP contribution < -0.4 is 5.73 Å². The van der Waals surface area contributed by atoms with E-state index >= 15 is 0 Å². The largest absolute Gasteiger partial charge is 0.328 e. The van der Waals surface area contributed by atoms with Gasteiger partial charge in [0, 0.05) is 24.7 Å². The molecule has 126 valence electrons. The summed E-state index contributed by atoms with van der Waals surface area (Å²) in [6, 6.07) is 0.450. The smallest absolute Gasteiger partial charge is 0.0181 e. The fraction of sp³-hybridized carbons (Fsp3) is 1.00. The molecule has 21 heavy (non-hydrogen) atoms. The van der Waals surface area contributed by atoms with Crippen LogP contribution in [0.4, 0.5) is 0 Å². The number of likely N-dealkylation sites (tertiary alicyclic amines) is 1. The minimum Gasteiger partial charge on any atom is -0.328 e. The van der Waals surface area contributed by atoms with Gasteiger partial charge in [0.2, 0.25) is 0 Å². The molecule has 1 fully saturated rings. The van der Waals surface area contributed by atoms with Crippen molar-refractivity contribution in [3.8, 4) is 0 Å². The summed E-state index contributed by atoms with van der Waals surface area (Å²) in [5, 5.41) is 0. The summed E-state index contributed by atoms with van der Waals surface area (Å²) in [5.41, 5.74) is 6.53. The molecule has 2 N–H and O–H groups in total. The minimum absolute atomic E-state index is 0.432. The van der Waals surface area contributed by atoms with Crippen LogP contribution >= 0.6 is 0 Å². The molecule has 0 aromatic carbocycles. The summed E-state index contributed by atoms with van der Waals surface area (Å²) in [4.78, 5) is 2.77. The Morgan fingerprint density at radius 1 is 0.857 bits per heavy atom. The van der Waals surface area contributed by atoms with Crippen LogP contribution in [0.1, 0.15) is 97.8 Å². The van der Waals surface area contributed by atoms with Crippen molar-refractivity contribution in [1.82, 2.24) is 4.90 Å². The van der Waals surface area contributed by atoms with E-state index in [2.05, 4.69) is 25.7 Å². The normalized spacial score (nSPS) is 18.3. The Labute approximate surface area is 133 Å². The van der Waals surface area contributed by atoms with Crippen molar-refractivity contribution in [3.63, 3.8) is 0 Å². The van der Waals surface area contributed by atoms with E-state index < -0.39 is 0 Å². The van der Waals surface area contributed by atoms with Crippen LogP contribution in [-0.2, 0) is 0 Å². The third-order valence-corrected chi connectivity index (χ3v) is 5.44. The van der Waals surface area contributed by atoms with Gasteiger partial charge in [-0.3, -0.25) is 4.90 Å². The zero-order valence-electron chi connectivity index (χ0n) is 15.0. The summed E-state index contributed by atoms with van der Waals surface area (Å²) in [5.74, 6) is 0. The first-order valence-corrected chi connectivity index (χ1v) is 9.63. The van der Waals surface area contributed by atoms with Crippen LogP contribution in [0.25, 0.3) is 0 Å². The molecule has 0 atom stereocenters. The zero-order chi connectivity index (χ0) is 15.6. The van der Waals surface area contributed by atoms with Gasteiger partial charge in [0.1, 0.15) is 0 Å². The fourth-order valence-electron chi connectivity index (χ4n) is 3.75.